The summed E-state index contributed by atoms with van der Waals surface area (Å²) in [4.78, 5) is 37.4. The lowest BCUT2D eigenvalue weighted by atomic mass is 9.94. The molecule has 3 aliphatic rings. The molecule has 0 spiro atoms. The molecule has 0 radical (unpaired) electrons. The normalized spacial score (nSPS) is 19.4. The molecule has 2 amide bonds. The molecule has 4 rings (SSSR count). The maximum absolute atomic E-state index is 13.2. The number of pyridine rings is 1. The van der Waals surface area contributed by atoms with Crippen LogP contribution in [0.25, 0.3) is 0 Å². The lowest BCUT2D eigenvalue weighted by Gasteiger charge is -2.35. The monoisotopic (exact) mass is 492 g/mol. The van der Waals surface area contributed by atoms with Gasteiger partial charge in [-0.2, -0.15) is 0 Å². The lowest BCUT2D eigenvalue weighted by Crippen LogP contribution is -2.44. The number of hydrogen-bond donors (Lipinski definition) is 1. The second-order valence-corrected chi connectivity index (χ2v) is 10.2. The van der Waals surface area contributed by atoms with E-state index in [0.29, 0.717) is 19.0 Å². The number of amides is 2. The number of rotatable bonds is 10. The Hall–Kier alpha value is -2.97. The number of hydrogen-bond acceptors (Lipinski definition) is 6. The first-order valence-corrected chi connectivity index (χ1v) is 13.2. The van der Waals surface area contributed by atoms with Gasteiger partial charge in [0.15, 0.2) is 0 Å². The van der Waals surface area contributed by atoms with Gasteiger partial charge in [0.2, 0.25) is 12.3 Å². The first-order chi connectivity index (χ1) is 17.5. The minimum atomic E-state index is 0.122. The van der Waals surface area contributed by atoms with Crippen LogP contribution in [0.2, 0.25) is 0 Å². The third-order valence-corrected chi connectivity index (χ3v) is 7.30. The molecule has 0 bridgehead atoms. The van der Waals surface area contributed by atoms with Gasteiger partial charge in [0.25, 0.3) is 0 Å². The second-order valence-electron chi connectivity index (χ2n) is 10.2. The van der Waals surface area contributed by atoms with Gasteiger partial charge in [0.05, 0.1) is 5.70 Å². The van der Waals surface area contributed by atoms with Gasteiger partial charge in [0.1, 0.15) is 0 Å². The van der Waals surface area contributed by atoms with E-state index in [4.69, 9.17) is 0 Å². The van der Waals surface area contributed by atoms with Crippen LogP contribution < -0.4 is 5.32 Å². The molecule has 8 heteroatoms. The standard InChI is InChI=1S/C28H40N6O2/c1-31(2)19-20-34(22-35)27-6-4-3-5-26(27)30-25-11-17-33(18-12-25)28(36)24-9-15-32(16-10-24)21-23-7-13-29-14-8-23/h4,6-8,11,13-14,22,24,30H,3,5,9-10,12,15-21H2,1-2H3. The van der Waals surface area contributed by atoms with Crippen molar-refractivity contribution in [3.05, 3.63) is 65.4 Å². The highest BCUT2D eigenvalue weighted by molar-refractivity contribution is 5.79. The Morgan fingerprint density at radius 1 is 1.14 bits per heavy atom. The molecule has 194 valence electrons. The summed E-state index contributed by atoms with van der Waals surface area (Å²) in [7, 11) is 4.03. The molecule has 1 aliphatic carbocycles. The van der Waals surface area contributed by atoms with Crippen LogP contribution in [0.4, 0.5) is 0 Å². The summed E-state index contributed by atoms with van der Waals surface area (Å²) in [6.45, 7) is 5.70. The van der Waals surface area contributed by atoms with Crippen molar-refractivity contribution >= 4 is 12.3 Å². The number of aromatic nitrogens is 1. The molecular formula is C28H40N6O2. The van der Waals surface area contributed by atoms with Crippen molar-refractivity contribution in [3.63, 3.8) is 0 Å². The van der Waals surface area contributed by atoms with Crippen LogP contribution in [0, 0.1) is 5.92 Å². The van der Waals surface area contributed by atoms with Crippen molar-refractivity contribution in [1.82, 2.24) is 29.9 Å². The minimum Gasteiger partial charge on any atom is -0.361 e. The van der Waals surface area contributed by atoms with Crippen LogP contribution in [0.15, 0.2) is 59.8 Å². The molecule has 1 N–H and O–H groups in total. The molecule has 36 heavy (non-hydrogen) atoms. The Balaban J connectivity index is 1.29. The van der Waals surface area contributed by atoms with Crippen molar-refractivity contribution in [3.8, 4) is 0 Å². The van der Waals surface area contributed by atoms with Crippen molar-refractivity contribution in [2.75, 3.05) is 53.4 Å². The summed E-state index contributed by atoms with van der Waals surface area (Å²) in [5.74, 6) is 0.419. The van der Waals surface area contributed by atoms with E-state index < -0.39 is 0 Å². The molecule has 1 saturated heterocycles. The SMILES string of the molecule is CN(C)CCN(C=O)C1=C(NC2=CCN(C(=O)C3CCN(Cc4ccncc4)CC3)CC2)CCC=C1. The van der Waals surface area contributed by atoms with Crippen LogP contribution in [0.3, 0.4) is 0 Å². The van der Waals surface area contributed by atoms with Gasteiger partial charge in [-0.1, -0.05) is 6.08 Å². The fourth-order valence-electron chi connectivity index (χ4n) is 5.10. The average molecular weight is 493 g/mol. The van der Waals surface area contributed by atoms with E-state index in [1.807, 2.05) is 31.4 Å². The van der Waals surface area contributed by atoms with E-state index in [1.165, 1.54) is 5.56 Å². The van der Waals surface area contributed by atoms with Crippen LogP contribution in [0.5, 0.6) is 0 Å². The van der Waals surface area contributed by atoms with Gasteiger partial charge in [-0.25, -0.2) is 0 Å². The van der Waals surface area contributed by atoms with Crippen LogP contribution in [-0.4, -0.2) is 90.3 Å². The molecule has 8 nitrogen and oxygen atoms in total. The fourth-order valence-corrected chi connectivity index (χ4v) is 5.10. The van der Waals surface area contributed by atoms with Gasteiger partial charge < -0.3 is 20.0 Å². The van der Waals surface area contributed by atoms with E-state index in [-0.39, 0.29) is 5.92 Å². The predicted octanol–water partition coefficient (Wildman–Crippen LogP) is 2.58. The van der Waals surface area contributed by atoms with Gasteiger partial charge in [-0.15, -0.1) is 0 Å². The van der Waals surface area contributed by atoms with E-state index in [0.717, 1.165) is 88.3 Å². The van der Waals surface area contributed by atoms with Crippen LogP contribution >= 0.6 is 0 Å². The van der Waals surface area contributed by atoms with Crippen LogP contribution in [-0.2, 0) is 16.1 Å². The molecule has 0 aromatic carbocycles. The van der Waals surface area contributed by atoms with Crippen molar-refractivity contribution in [2.45, 2.75) is 38.6 Å². The second kappa shape index (κ2) is 12.8. The highest BCUT2D eigenvalue weighted by atomic mass is 16.2. The van der Waals surface area contributed by atoms with Crippen molar-refractivity contribution in [1.29, 1.82) is 0 Å². The number of carbonyl (C=O) groups is 2. The predicted molar refractivity (Wildman–Crippen MR) is 141 cm³/mol. The largest absolute Gasteiger partial charge is 0.361 e. The maximum atomic E-state index is 13.2. The number of allylic oxidation sites excluding steroid dienone is 3. The summed E-state index contributed by atoms with van der Waals surface area (Å²) in [5.41, 5.74) is 4.47. The Labute approximate surface area is 215 Å². The number of likely N-dealkylation sites (tertiary alicyclic amines) is 1. The zero-order chi connectivity index (χ0) is 25.3. The molecular weight excluding hydrogens is 452 g/mol. The Bertz CT molecular complexity index is 979. The number of carbonyl (C=O) groups excluding carboxylic acids is 2. The highest BCUT2D eigenvalue weighted by Gasteiger charge is 2.29. The number of nitrogens with zero attached hydrogens (tertiary/aromatic N) is 5. The topological polar surface area (TPSA) is 72.0 Å². The highest BCUT2D eigenvalue weighted by Crippen LogP contribution is 2.25. The molecule has 0 saturated carbocycles. The Morgan fingerprint density at radius 3 is 2.58 bits per heavy atom. The molecule has 2 aliphatic heterocycles. The van der Waals surface area contributed by atoms with E-state index in [1.54, 1.807) is 4.90 Å². The smallest absolute Gasteiger partial charge is 0.226 e. The average Bonchev–Trinajstić information content (AvgIpc) is 2.91. The van der Waals surface area contributed by atoms with Crippen LogP contribution in [0.1, 0.15) is 37.7 Å². The summed E-state index contributed by atoms with van der Waals surface area (Å²) >= 11 is 0. The minimum absolute atomic E-state index is 0.122. The summed E-state index contributed by atoms with van der Waals surface area (Å²) in [6, 6.07) is 4.12. The third-order valence-electron chi connectivity index (χ3n) is 7.30. The number of nitrogens with one attached hydrogen (secondary N) is 1. The summed E-state index contributed by atoms with van der Waals surface area (Å²) < 4.78 is 0. The van der Waals surface area contributed by atoms with Crippen molar-refractivity contribution < 1.29 is 9.59 Å². The van der Waals surface area contributed by atoms with Gasteiger partial charge in [0, 0.05) is 68.9 Å². The van der Waals surface area contributed by atoms with Gasteiger partial charge in [-0.05, 0) is 82.7 Å². The zero-order valence-corrected chi connectivity index (χ0v) is 21.7. The Morgan fingerprint density at radius 2 is 1.92 bits per heavy atom. The van der Waals surface area contributed by atoms with E-state index >= 15 is 0 Å². The maximum Gasteiger partial charge on any atom is 0.226 e. The first kappa shape index (κ1) is 26.1. The van der Waals surface area contributed by atoms with E-state index in [9.17, 15) is 9.59 Å². The first-order valence-electron chi connectivity index (χ1n) is 13.2. The van der Waals surface area contributed by atoms with Crippen molar-refractivity contribution in [2.24, 2.45) is 5.92 Å². The molecule has 1 aromatic heterocycles. The molecule has 3 heterocycles. The number of likely N-dealkylation sites (N-methyl/N-ethyl adjacent to an activating group) is 1. The molecule has 1 fully saturated rings. The number of piperidine rings is 1. The van der Waals surface area contributed by atoms with Gasteiger partial charge in [-0.3, -0.25) is 19.5 Å². The van der Waals surface area contributed by atoms with Gasteiger partial charge >= 0.3 is 0 Å². The van der Waals surface area contributed by atoms with E-state index in [2.05, 4.69) is 50.5 Å². The summed E-state index contributed by atoms with van der Waals surface area (Å²) in [5, 5.41) is 3.60. The summed E-state index contributed by atoms with van der Waals surface area (Å²) in [6.07, 6.45) is 15.4. The quantitative estimate of drug-likeness (QED) is 0.506. The third kappa shape index (κ3) is 7.04. The zero-order valence-electron chi connectivity index (χ0n) is 21.7. The Kier molecular flexibility index (Phi) is 9.30. The molecule has 0 atom stereocenters. The molecule has 1 aromatic rings. The fraction of sp³-hybridized carbons (Fsp3) is 0.536. The molecule has 0 unspecified atom stereocenters. The lowest BCUT2D eigenvalue weighted by molar-refractivity contribution is -0.136.